The molecule has 0 aliphatic heterocycles. The number of nitrogens with two attached hydrogens (primary N) is 1. The Hall–Kier alpha value is -2.95. The topological polar surface area (TPSA) is 80.9 Å². The van der Waals surface area contributed by atoms with Crippen molar-refractivity contribution in [3.05, 3.63) is 60.4 Å². The summed E-state index contributed by atoms with van der Waals surface area (Å²) in [5.41, 5.74) is 7.22. The van der Waals surface area contributed by atoms with Crippen LogP contribution in [-0.2, 0) is 0 Å². The van der Waals surface area contributed by atoms with E-state index in [-0.39, 0.29) is 5.91 Å². The number of pyridine rings is 2. The average molecular weight is 264 g/mol. The summed E-state index contributed by atoms with van der Waals surface area (Å²) in [6.45, 7) is 0. The first-order valence-corrected chi connectivity index (χ1v) is 6.11. The zero-order chi connectivity index (χ0) is 13.9. The van der Waals surface area contributed by atoms with Crippen LogP contribution in [0, 0.1) is 0 Å². The first kappa shape index (κ1) is 12.1. The monoisotopic (exact) mass is 264 g/mol. The lowest BCUT2D eigenvalue weighted by atomic mass is 10.2. The van der Waals surface area contributed by atoms with Crippen molar-refractivity contribution in [2.45, 2.75) is 0 Å². The molecule has 0 unspecified atom stereocenters. The van der Waals surface area contributed by atoms with Gasteiger partial charge in [-0.3, -0.25) is 4.79 Å². The summed E-state index contributed by atoms with van der Waals surface area (Å²) < 4.78 is 0. The number of hydrogen-bond donors (Lipinski definition) is 2. The van der Waals surface area contributed by atoms with Gasteiger partial charge in [0.1, 0.15) is 11.5 Å². The maximum atomic E-state index is 12.1. The van der Waals surface area contributed by atoms with Crippen LogP contribution in [0.25, 0.3) is 10.9 Å². The molecule has 0 saturated heterocycles. The molecular weight excluding hydrogens is 252 g/mol. The highest BCUT2D eigenvalue weighted by atomic mass is 16.1. The Balaban J connectivity index is 1.86. The van der Waals surface area contributed by atoms with Gasteiger partial charge in [0.25, 0.3) is 5.91 Å². The summed E-state index contributed by atoms with van der Waals surface area (Å²) >= 11 is 0. The molecule has 2 aromatic heterocycles. The smallest absolute Gasteiger partial charge is 0.275 e. The molecule has 3 N–H and O–H groups in total. The van der Waals surface area contributed by atoms with Gasteiger partial charge in [0, 0.05) is 5.39 Å². The molecule has 3 rings (SSSR count). The molecule has 0 saturated carbocycles. The Morgan fingerprint density at radius 2 is 1.90 bits per heavy atom. The van der Waals surface area contributed by atoms with Crippen LogP contribution in [0.5, 0.6) is 0 Å². The number of nitrogens with zero attached hydrogens (tertiary/aromatic N) is 2. The van der Waals surface area contributed by atoms with Gasteiger partial charge in [0.15, 0.2) is 0 Å². The molecule has 1 amide bonds. The van der Waals surface area contributed by atoms with E-state index in [1.165, 1.54) is 6.20 Å². The second kappa shape index (κ2) is 4.97. The van der Waals surface area contributed by atoms with Gasteiger partial charge in [0.05, 0.1) is 17.4 Å². The quantitative estimate of drug-likeness (QED) is 0.745. The van der Waals surface area contributed by atoms with Gasteiger partial charge < -0.3 is 11.1 Å². The van der Waals surface area contributed by atoms with Crippen molar-refractivity contribution in [3.63, 3.8) is 0 Å². The lowest BCUT2D eigenvalue weighted by Crippen LogP contribution is -2.14. The van der Waals surface area contributed by atoms with E-state index in [1.807, 2.05) is 30.3 Å². The van der Waals surface area contributed by atoms with Gasteiger partial charge in [-0.25, -0.2) is 9.97 Å². The molecule has 1 aromatic carbocycles. The van der Waals surface area contributed by atoms with Crippen LogP contribution in [0.3, 0.4) is 0 Å². The standard InChI is InChI=1S/C15H12N4O/c16-11-6-8-14(17-9-11)19-15(20)13-7-5-10-3-1-2-4-12(10)18-13/h1-9H,16H2,(H,17,19,20). The van der Waals surface area contributed by atoms with Crippen LogP contribution in [0.2, 0.25) is 0 Å². The summed E-state index contributed by atoms with van der Waals surface area (Å²) in [6, 6.07) is 14.5. The largest absolute Gasteiger partial charge is 0.397 e. The van der Waals surface area contributed by atoms with Crippen LogP contribution in [0.4, 0.5) is 11.5 Å². The van der Waals surface area contributed by atoms with Gasteiger partial charge in [-0.15, -0.1) is 0 Å². The van der Waals surface area contributed by atoms with Gasteiger partial charge in [-0.1, -0.05) is 24.3 Å². The van der Waals surface area contributed by atoms with E-state index < -0.39 is 0 Å². The third-order valence-corrected chi connectivity index (χ3v) is 2.86. The molecule has 20 heavy (non-hydrogen) atoms. The second-order valence-corrected chi connectivity index (χ2v) is 4.32. The Bertz CT molecular complexity index is 768. The van der Waals surface area contributed by atoms with Gasteiger partial charge in [-0.05, 0) is 24.3 Å². The molecule has 5 heteroatoms. The minimum absolute atomic E-state index is 0.298. The molecular formula is C15H12N4O. The minimum atomic E-state index is -0.298. The summed E-state index contributed by atoms with van der Waals surface area (Å²) in [7, 11) is 0. The molecule has 5 nitrogen and oxygen atoms in total. The fourth-order valence-corrected chi connectivity index (χ4v) is 1.85. The fourth-order valence-electron chi connectivity index (χ4n) is 1.85. The maximum Gasteiger partial charge on any atom is 0.275 e. The minimum Gasteiger partial charge on any atom is -0.397 e. The van der Waals surface area contributed by atoms with Crippen molar-refractivity contribution in [1.29, 1.82) is 0 Å². The van der Waals surface area contributed by atoms with Crippen molar-refractivity contribution in [3.8, 4) is 0 Å². The molecule has 2 heterocycles. The first-order valence-electron chi connectivity index (χ1n) is 6.11. The number of hydrogen-bond acceptors (Lipinski definition) is 4. The van der Waals surface area contributed by atoms with E-state index in [4.69, 9.17) is 5.73 Å². The van der Waals surface area contributed by atoms with Gasteiger partial charge in [-0.2, -0.15) is 0 Å². The molecule has 0 aliphatic rings. The highest BCUT2D eigenvalue weighted by Gasteiger charge is 2.09. The van der Waals surface area contributed by atoms with Crippen LogP contribution < -0.4 is 11.1 Å². The second-order valence-electron chi connectivity index (χ2n) is 4.32. The summed E-state index contributed by atoms with van der Waals surface area (Å²) in [5, 5.41) is 3.68. The number of carbonyl (C=O) groups is 1. The summed E-state index contributed by atoms with van der Waals surface area (Å²) in [5.74, 6) is 0.146. The number of anilines is 2. The Labute approximate surface area is 115 Å². The molecule has 0 radical (unpaired) electrons. The molecule has 3 aromatic rings. The van der Waals surface area contributed by atoms with Crippen LogP contribution in [0.15, 0.2) is 54.7 Å². The highest BCUT2D eigenvalue weighted by molar-refractivity contribution is 6.03. The van der Waals surface area contributed by atoms with Crippen molar-refractivity contribution >= 4 is 28.3 Å². The molecule has 0 bridgehead atoms. The van der Waals surface area contributed by atoms with E-state index in [0.717, 1.165) is 10.9 Å². The molecule has 0 atom stereocenters. The summed E-state index contributed by atoms with van der Waals surface area (Å²) in [6.07, 6.45) is 1.49. The zero-order valence-electron chi connectivity index (χ0n) is 10.6. The SMILES string of the molecule is Nc1ccc(NC(=O)c2ccc3ccccc3n2)nc1. The fraction of sp³-hybridized carbons (Fsp3) is 0. The highest BCUT2D eigenvalue weighted by Crippen LogP contribution is 2.13. The number of fused-ring (bicyclic) bond motifs is 1. The first-order chi connectivity index (χ1) is 9.72. The molecule has 0 spiro atoms. The number of nitrogens with one attached hydrogen (secondary N) is 1. The predicted molar refractivity (Wildman–Crippen MR) is 78.3 cm³/mol. The lowest BCUT2D eigenvalue weighted by molar-refractivity contribution is 0.102. The van der Waals surface area contributed by atoms with E-state index in [2.05, 4.69) is 15.3 Å². The Morgan fingerprint density at radius 1 is 1.05 bits per heavy atom. The number of carbonyl (C=O) groups excluding carboxylic acids is 1. The number of rotatable bonds is 2. The normalized spacial score (nSPS) is 10.4. The number of nitrogen functional groups attached to an aromatic ring is 1. The van der Waals surface area contributed by atoms with Gasteiger partial charge in [0.2, 0.25) is 0 Å². The maximum absolute atomic E-state index is 12.1. The summed E-state index contributed by atoms with van der Waals surface area (Å²) in [4.78, 5) is 20.4. The van der Waals surface area contributed by atoms with Gasteiger partial charge >= 0.3 is 0 Å². The Morgan fingerprint density at radius 3 is 2.70 bits per heavy atom. The van der Waals surface area contributed by atoms with E-state index in [9.17, 15) is 4.79 Å². The average Bonchev–Trinajstić information content (AvgIpc) is 2.49. The number of para-hydroxylation sites is 1. The van der Waals surface area contributed by atoms with Crippen LogP contribution >= 0.6 is 0 Å². The van der Waals surface area contributed by atoms with Crippen molar-refractivity contribution in [2.75, 3.05) is 11.1 Å². The molecule has 0 fully saturated rings. The van der Waals surface area contributed by atoms with Crippen molar-refractivity contribution in [1.82, 2.24) is 9.97 Å². The molecule has 0 aliphatic carbocycles. The van der Waals surface area contributed by atoms with E-state index in [1.54, 1.807) is 18.2 Å². The predicted octanol–water partition coefficient (Wildman–Crippen LogP) is 2.46. The van der Waals surface area contributed by atoms with Crippen molar-refractivity contribution in [2.24, 2.45) is 0 Å². The third kappa shape index (κ3) is 2.42. The van der Waals surface area contributed by atoms with Crippen molar-refractivity contribution < 1.29 is 4.79 Å². The number of benzene rings is 1. The number of aromatic nitrogens is 2. The van der Waals surface area contributed by atoms with E-state index >= 15 is 0 Å². The Kier molecular flexibility index (Phi) is 3.01. The zero-order valence-corrected chi connectivity index (χ0v) is 10.6. The van der Waals surface area contributed by atoms with Crippen LogP contribution in [-0.4, -0.2) is 15.9 Å². The number of amides is 1. The van der Waals surface area contributed by atoms with Crippen LogP contribution in [0.1, 0.15) is 10.5 Å². The lowest BCUT2D eigenvalue weighted by Gasteiger charge is -2.05. The molecule has 98 valence electrons. The third-order valence-electron chi connectivity index (χ3n) is 2.86. The van der Waals surface area contributed by atoms with E-state index in [0.29, 0.717) is 17.2 Å².